The van der Waals surface area contributed by atoms with Crippen LogP contribution >= 0.6 is 11.6 Å². The van der Waals surface area contributed by atoms with Gasteiger partial charge in [-0.25, -0.2) is 4.98 Å². The van der Waals surface area contributed by atoms with Crippen LogP contribution in [0.25, 0.3) is 0 Å². The number of benzene rings is 2. The molecule has 3 amide bonds. The Labute approximate surface area is 251 Å². The zero-order valence-corrected chi connectivity index (χ0v) is 24.7. The summed E-state index contributed by atoms with van der Waals surface area (Å²) >= 11 is 6.19. The lowest BCUT2D eigenvalue weighted by Gasteiger charge is -2.34. The van der Waals surface area contributed by atoms with Crippen molar-refractivity contribution < 1.29 is 23.9 Å². The first-order chi connectivity index (χ1) is 20.4. The Hall–Kier alpha value is -4.11. The fraction of sp³-hybridized carbons (Fsp3) is 0.375. The van der Waals surface area contributed by atoms with Gasteiger partial charge in [-0.2, -0.15) is 0 Å². The second-order valence-electron chi connectivity index (χ2n) is 10.2. The van der Waals surface area contributed by atoms with Gasteiger partial charge >= 0.3 is 0 Å². The number of pyridine rings is 1. The number of carbonyl (C=O) groups excluding carboxylic acids is 3. The first kappa shape index (κ1) is 30.8. The highest BCUT2D eigenvalue weighted by atomic mass is 35.5. The van der Waals surface area contributed by atoms with Crippen LogP contribution in [-0.2, 0) is 14.4 Å². The van der Waals surface area contributed by atoms with E-state index in [1.807, 2.05) is 0 Å². The van der Waals surface area contributed by atoms with Crippen LogP contribution in [0.3, 0.4) is 0 Å². The molecule has 1 aliphatic carbocycles. The first-order valence-electron chi connectivity index (χ1n) is 14.2. The average Bonchev–Trinajstić information content (AvgIpc) is 3.01. The van der Waals surface area contributed by atoms with E-state index in [0.29, 0.717) is 33.6 Å². The van der Waals surface area contributed by atoms with Crippen molar-refractivity contribution in [2.45, 2.75) is 63.5 Å². The second-order valence-corrected chi connectivity index (χ2v) is 10.7. The van der Waals surface area contributed by atoms with Gasteiger partial charge in [0.2, 0.25) is 17.7 Å². The summed E-state index contributed by atoms with van der Waals surface area (Å²) in [6, 6.07) is 16.3. The molecule has 4 rings (SSSR count). The molecule has 0 radical (unpaired) electrons. The molecule has 1 heterocycles. The number of nitrogens with zero attached hydrogens (tertiary/aromatic N) is 2. The highest BCUT2D eigenvalue weighted by Gasteiger charge is 2.35. The van der Waals surface area contributed by atoms with E-state index >= 15 is 0 Å². The normalized spacial score (nSPS) is 14.0. The predicted molar refractivity (Wildman–Crippen MR) is 163 cm³/mol. The molecule has 0 aliphatic heterocycles. The van der Waals surface area contributed by atoms with Crippen molar-refractivity contribution in [1.29, 1.82) is 0 Å². The molecule has 1 aromatic heterocycles. The van der Waals surface area contributed by atoms with Crippen LogP contribution in [0.1, 0.15) is 63.0 Å². The number of hydrogen-bond donors (Lipinski definition) is 2. The molecule has 1 fully saturated rings. The lowest BCUT2D eigenvalue weighted by atomic mass is 9.94. The number of ether oxygens (including phenoxy) is 2. The van der Waals surface area contributed by atoms with E-state index in [1.165, 1.54) is 19.1 Å². The number of anilines is 2. The quantitative estimate of drug-likeness (QED) is 0.264. The fourth-order valence-electron chi connectivity index (χ4n) is 5.15. The van der Waals surface area contributed by atoms with Crippen LogP contribution in [0.4, 0.5) is 11.5 Å². The third kappa shape index (κ3) is 8.22. The third-order valence-corrected chi connectivity index (χ3v) is 7.54. The summed E-state index contributed by atoms with van der Waals surface area (Å²) < 4.78 is 11.1. The Balaban J connectivity index is 1.66. The average molecular weight is 593 g/mol. The molecule has 3 aromatic rings. The number of rotatable bonds is 12. The number of amides is 3. The van der Waals surface area contributed by atoms with Gasteiger partial charge in [0, 0.05) is 36.2 Å². The monoisotopic (exact) mass is 592 g/mol. The van der Waals surface area contributed by atoms with Gasteiger partial charge < -0.3 is 20.1 Å². The van der Waals surface area contributed by atoms with Gasteiger partial charge in [0.05, 0.1) is 19.9 Å². The van der Waals surface area contributed by atoms with Crippen LogP contribution in [-0.4, -0.2) is 43.0 Å². The van der Waals surface area contributed by atoms with Gasteiger partial charge in [-0.05, 0) is 61.2 Å². The number of hydrogen-bond acceptors (Lipinski definition) is 6. The Morgan fingerprint density at radius 3 is 2.40 bits per heavy atom. The maximum Gasteiger partial charge on any atom is 0.248 e. The van der Waals surface area contributed by atoms with Crippen LogP contribution in [0.15, 0.2) is 66.9 Å². The van der Waals surface area contributed by atoms with Crippen molar-refractivity contribution in [3.05, 3.63) is 77.4 Å². The van der Waals surface area contributed by atoms with Crippen LogP contribution in [0.2, 0.25) is 5.02 Å². The smallest absolute Gasteiger partial charge is 0.248 e. The van der Waals surface area contributed by atoms with Gasteiger partial charge in [0.25, 0.3) is 0 Å². The molecule has 222 valence electrons. The van der Waals surface area contributed by atoms with Crippen molar-refractivity contribution >= 4 is 40.8 Å². The van der Waals surface area contributed by atoms with Gasteiger partial charge in [0.15, 0.2) is 0 Å². The van der Waals surface area contributed by atoms with Crippen molar-refractivity contribution in [2.75, 3.05) is 24.4 Å². The van der Waals surface area contributed by atoms with Crippen LogP contribution in [0, 0.1) is 0 Å². The van der Waals surface area contributed by atoms with E-state index in [1.54, 1.807) is 66.9 Å². The minimum Gasteiger partial charge on any atom is -0.497 e. The van der Waals surface area contributed by atoms with E-state index in [2.05, 4.69) is 15.6 Å². The summed E-state index contributed by atoms with van der Waals surface area (Å²) in [7, 11) is 3.04. The molecule has 2 aromatic carbocycles. The largest absolute Gasteiger partial charge is 0.497 e. The number of halogens is 1. The van der Waals surface area contributed by atoms with Crippen molar-refractivity contribution in [1.82, 2.24) is 10.3 Å². The maximum absolute atomic E-state index is 14.1. The van der Waals surface area contributed by atoms with Gasteiger partial charge in [-0.3, -0.25) is 19.3 Å². The van der Waals surface area contributed by atoms with E-state index in [0.717, 1.165) is 32.1 Å². The summed E-state index contributed by atoms with van der Waals surface area (Å²) in [5, 5.41) is 6.45. The Morgan fingerprint density at radius 1 is 0.976 bits per heavy atom. The summed E-state index contributed by atoms with van der Waals surface area (Å²) in [6.07, 6.45) is 6.98. The lowest BCUT2D eigenvalue weighted by molar-refractivity contribution is -0.127. The van der Waals surface area contributed by atoms with Gasteiger partial charge in [0.1, 0.15) is 23.4 Å². The molecule has 1 saturated carbocycles. The highest BCUT2D eigenvalue weighted by Crippen LogP contribution is 2.39. The molecule has 1 aliphatic rings. The number of aromatic nitrogens is 1. The van der Waals surface area contributed by atoms with E-state index < -0.39 is 6.04 Å². The summed E-state index contributed by atoms with van der Waals surface area (Å²) in [4.78, 5) is 46.3. The molecule has 0 saturated heterocycles. The van der Waals surface area contributed by atoms with Crippen LogP contribution < -0.4 is 25.0 Å². The zero-order chi connectivity index (χ0) is 29.9. The molecular formula is C32H37ClN4O5. The number of carbonyl (C=O) groups is 3. The Bertz CT molecular complexity index is 1350. The minimum atomic E-state index is -1.01. The molecule has 0 bridgehead atoms. The van der Waals surface area contributed by atoms with E-state index in [9.17, 15) is 14.4 Å². The van der Waals surface area contributed by atoms with Crippen molar-refractivity contribution in [3.63, 3.8) is 0 Å². The minimum absolute atomic E-state index is 0.0107. The summed E-state index contributed by atoms with van der Waals surface area (Å²) in [5.74, 6) is 0.457. The third-order valence-electron chi connectivity index (χ3n) is 7.28. The van der Waals surface area contributed by atoms with Crippen molar-refractivity contribution in [3.8, 4) is 11.5 Å². The molecule has 9 nitrogen and oxygen atoms in total. The predicted octanol–water partition coefficient (Wildman–Crippen LogP) is 6.08. The van der Waals surface area contributed by atoms with Crippen LogP contribution in [0.5, 0.6) is 11.5 Å². The topological polar surface area (TPSA) is 110 Å². The van der Waals surface area contributed by atoms with Gasteiger partial charge in [-0.15, -0.1) is 0 Å². The number of nitrogens with one attached hydrogen (secondary N) is 2. The molecule has 0 spiro atoms. The van der Waals surface area contributed by atoms with Gasteiger partial charge in [-0.1, -0.05) is 49.1 Å². The Morgan fingerprint density at radius 2 is 1.74 bits per heavy atom. The molecular weight excluding hydrogens is 556 g/mol. The summed E-state index contributed by atoms with van der Waals surface area (Å²) in [5.41, 5.74) is 0.984. The molecule has 0 unspecified atom stereocenters. The zero-order valence-electron chi connectivity index (χ0n) is 24.0. The second kappa shape index (κ2) is 15.2. The fourth-order valence-corrected chi connectivity index (χ4v) is 5.28. The van der Waals surface area contributed by atoms with E-state index in [4.69, 9.17) is 21.1 Å². The lowest BCUT2D eigenvalue weighted by Crippen LogP contribution is -2.47. The molecule has 2 N–H and O–H groups in total. The first-order valence-corrected chi connectivity index (χ1v) is 14.6. The van der Waals surface area contributed by atoms with Crippen molar-refractivity contribution in [2.24, 2.45) is 0 Å². The Kier molecular flexibility index (Phi) is 11.2. The molecule has 1 atom stereocenters. The SMILES string of the molecule is COc1ccc(OC)c(N(C(=O)CCCC(=O)Nc2ccccn2)[C@@H](C(=O)NC2CCCCC2)c2ccc(Cl)cc2)c1. The summed E-state index contributed by atoms with van der Waals surface area (Å²) in [6.45, 7) is 0. The number of methoxy groups -OCH3 is 2. The standard InChI is InChI=1S/C32H37ClN4O5/c1-41-25-18-19-27(42-2)26(21-25)37(30(39)13-8-12-29(38)36-28-11-6-7-20-34-28)31(22-14-16-23(33)17-15-22)32(40)35-24-9-4-3-5-10-24/h6-7,11,14-21,24,31H,3-5,8-10,12-13H2,1-2H3,(H,35,40)(H,34,36,38)/t31-/m1/s1. The molecule has 42 heavy (non-hydrogen) atoms. The van der Waals surface area contributed by atoms with E-state index in [-0.39, 0.29) is 43.0 Å². The maximum atomic E-state index is 14.1. The highest BCUT2D eigenvalue weighted by molar-refractivity contribution is 6.30. The molecule has 10 heteroatoms.